The molecule has 0 radical (unpaired) electrons. The molecule has 4 aromatic rings. The minimum atomic E-state index is -1.66. The highest BCUT2D eigenvalue weighted by atomic mass is 33.1. The number of aromatic amines is 1. The summed E-state index contributed by atoms with van der Waals surface area (Å²) in [5, 5.41) is 50.5. The van der Waals surface area contributed by atoms with Gasteiger partial charge in [0, 0.05) is 41.4 Å². The van der Waals surface area contributed by atoms with E-state index in [-0.39, 0.29) is 43.7 Å². The highest BCUT2D eigenvalue weighted by molar-refractivity contribution is 8.76. The number of aliphatic hydroxyl groups is 3. The number of H-pyrrole nitrogens is 1. The Kier molecular flexibility index (Phi) is 22.2. The quantitative estimate of drug-likeness (QED) is 0.0455. The third kappa shape index (κ3) is 17.1. The Labute approximate surface area is 420 Å². The van der Waals surface area contributed by atoms with Gasteiger partial charge in [-0.15, -0.1) is 0 Å². The van der Waals surface area contributed by atoms with E-state index < -0.39 is 108 Å². The van der Waals surface area contributed by atoms with Gasteiger partial charge in [0.25, 0.3) is 0 Å². The third-order valence-corrected chi connectivity index (χ3v) is 14.3. The van der Waals surface area contributed by atoms with Crippen molar-refractivity contribution in [1.29, 1.82) is 0 Å². The average Bonchev–Trinajstić information content (AvgIpc) is 3.76. The largest absolute Gasteiger partial charge is 0.394 e. The highest BCUT2D eigenvalue weighted by Gasteiger charge is 2.36. The summed E-state index contributed by atoms with van der Waals surface area (Å²) >= 11 is 0. The van der Waals surface area contributed by atoms with Crippen LogP contribution in [0.25, 0.3) is 10.9 Å². The molecule has 0 spiro atoms. The maximum atomic E-state index is 14.7. The fraction of sp³-hybridized carbons (Fsp3) is 0.449. The first kappa shape index (κ1) is 55.9. The molecule has 1 aliphatic rings. The maximum absolute atomic E-state index is 14.7. The summed E-state index contributed by atoms with van der Waals surface area (Å²) in [4.78, 5) is 103. The van der Waals surface area contributed by atoms with Crippen LogP contribution in [0.3, 0.4) is 0 Å². The van der Waals surface area contributed by atoms with Crippen molar-refractivity contribution in [2.45, 2.75) is 113 Å². The van der Waals surface area contributed by atoms with Gasteiger partial charge in [0.1, 0.15) is 36.3 Å². The Morgan fingerprint density at radius 3 is 1.96 bits per heavy atom. The third-order valence-electron chi connectivity index (χ3n) is 11.9. The first-order valence-electron chi connectivity index (χ1n) is 23.5. The van der Waals surface area contributed by atoms with Gasteiger partial charge in [-0.25, -0.2) is 0 Å². The van der Waals surface area contributed by atoms with E-state index in [0.29, 0.717) is 24.0 Å². The summed E-state index contributed by atoms with van der Waals surface area (Å²) in [6, 6.07) is 14.6. The van der Waals surface area contributed by atoms with E-state index in [9.17, 15) is 48.9 Å². The molecule has 7 amide bonds. The Morgan fingerprint density at radius 1 is 0.718 bits per heavy atom. The van der Waals surface area contributed by atoms with Gasteiger partial charge in [-0.2, -0.15) is 0 Å². The summed E-state index contributed by atoms with van der Waals surface area (Å²) in [5.74, 6) is -6.01. The Morgan fingerprint density at radius 2 is 1.31 bits per heavy atom. The molecule has 1 fully saturated rings. The number of amides is 7. The second kappa shape index (κ2) is 28.1. The molecule has 71 heavy (non-hydrogen) atoms. The molecule has 10 atom stereocenters. The molecule has 1 aliphatic heterocycles. The normalized spacial score (nSPS) is 22.8. The van der Waals surface area contributed by atoms with Crippen LogP contribution in [0.15, 0.2) is 91.1 Å². The highest BCUT2D eigenvalue weighted by Crippen LogP contribution is 2.24. The van der Waals surface area contributed by atoms with E-state index >= 15 is 0 Å². The lowest BCUT2D eigenvalue weighted by atomic mass is 10.0. The number of hydrogen-bond donors (Lipinski definition) is 13. The lowest BCUT2D eigenvalue weighted by Gasteiger charge is -2.29. The minimum Gasteiger partial charge on any atom is -0.394 e. The van der Waals surface area contributed by atoms with Crippen LogP contribution >= 0.6 is 21.6 Å². The van der Waals surface area contributed by atoms with Crippen LogP contribution in [0.1, 0.15) is 49.8 Å². The number of carbonyl (C=O) groups excluding carboxylic acids is 7. The molecule has 1 aromatic heterocycles. The summed E-state index contributed by atoms with van der Waals surface area (Å²) in [5.41, 5.74) is 15.0. The van der Waals surface area contributed by atoms with E-state index in [2.05, 4.69) is 42.2 Å². The van der Waals surface area contributed by atoms with Crippen molar-refractivity contribution in [2.24, 2.45) is 11.5 Å². The molecule has 15 N–H and O–H groups in total. The topological polar surface area (TPSA) is 332 Å². The van der Waals surface area contributed by atoms with Gasteiger partial charge in [0.15, 0.2) is 0 Å². The molecule has 2 heterocycles. The number of carbonyl (C=O) groups is 7. The zero-order chi connectivity index (χ0) is 51.5. The van der Waals surface area contributed by atoms with E-state index in [1.807, 2.05) is 30.3 Å². The second-order valence-corrected chi connectivity index (χ2v) is 20.0. The van der Waals surface area contributed by atoms with Crippen LogP contribution in [0.2, 0.25) is 0 Å². The van der Waals surface area contributed by atoms with Crippen LogP contribution in [0.5, 0.6) is 0 Å². The van der Waals surface area contributed by atoms with E-state index in [0.717, 1.165) is 38.1 Å². The molecule has 0 saturated carbocycles. The molecule has 384 valence electrons. The van der Waals surface area contributed by atoms with Gasteiger partial charge >= 0.3 is 0 Å². The van der Waals surface area contributed by atoms with Crippen molar-refractivity contribution in [3.05, 3.63) is 108 Å². The molecule has 1 saturated heterocycles. The van der Waals surface area contributed by atoms with Crippen molar-refractivity contribution in [3.63, 3.8) is 0 Å². The lowest BCUT2D eigenvalue weighted by molar-refractivity contribution is -0.136. The molecule has 3 aromatic carbocycles. The van der Waals surface area contributed by atoms with Crippen LogP contribution in [-0.2, 0) is 52.8 Å². The fourth-order valence-electron chi connectivity index (χ4n) is 7.73. The maximum Gasteiger partial charge on any atom is 0.245 e. The average molecular weight is 1020 g/mol. The lowest BCUT2D eigenvalue weighted by Crippen LogP contribution is -2.62. The number of rotatable bonds is 17. The molecule has 1 unspecified atom stereocenters. The number of hydrogen-bond acceptors (Lipinski definition) is 14. The van der Waals surface area contributed by atoms with Gasteiger partial charge in [-0.1, -0.05) is 100 Å². The number of nitrogens with two attached hydrogens (primary N) is 2. The monoisotopic (exact) mass is 1020 g/mol. The molecule has 22 heteroatoms. The van der Waals surface area contributed by atoms with Crippen molar-refractivity contribution >= 4 is 73.8 Å². The molecule has 20 nitrogen and oxygen atoms in total. The number of aliphatic hydroxyl groups excluding tert-OH is 3. The molecule has 5 rings (SSSR count). The number of nitrogens with one attached hydrogen (secondary N) is 8. The van der Waals surface area contributed by atoms with Crippen LogP contribution in [0, 0.1) is 0 Å². The smallest absolute Gasteiger partial charge is 0.245 e. The van der Waals surface area contributed by atoms with Gasteiger partial charge in [-0.05, 0) is 68.8 Å². The van der Waals surface area contributed by atoms with Crippen molar-refractivity contribution < 1.29 is 48.9 Å². The van der Waals surface area contributed by atoms with Crippen LogP contribution < -0.4 is 48.7 Å². The minimum absolute atomic E-state index is 0.0340. The Balaban J connectivity index is 1.56. The van der Waals surface area contributed by atoms with Gasteiger partial charge in [-0.3, -0.25) is 33.6 Å². The SMILES string of the molecule is C[C@@H](O)C1NC(=O)[C@H](CCCCN)NC(=O)[C@@H](Cc2c[nH]c3ccccc23)NC(=O)[C@H](Cc2ccccc2)NC(=O)[C@@H](NC(=O)[C@H](N)Cc2ccccc2)CSSC[C@@H](C(=O)N[C@H](CO)[C@@H](C)O)NC1=O. The predicted octanol–water partition coefficient (Wildman–Crippen LogP) is -0.805. The molecule has 0 bridgehead atoms. The van der Waals surface area contributed by atoms with Crippen molar-refractivity contribution in [3.8, 4) is 0 Å². The van der Waals surface area contributed by atoms with E-state index in [1.165, 1.54) is 13.8 Å². The fourth-order valence-corrected chi connectivity index (χ4v) is 10.1. The standard InChI is InChI=1S/C49H66N10O10S2/c1-28(61)39(25-60)56-48(68)41-27-71-70-26-40(57-43(63)34(51)21-30-13-5-3-6-14-30)47(67)54-37(22-31-15-7-4-8-16-31)45(65)55-38(23-32-24-52-35-18-10-9-17-33(32)35)46(66)53-36(19-11-12-20-50)44(64)59-42(29(2)62)49(69)58-41/h3-10,13-18,24,28-29,34,36-42,52,60-62H,11-12,19-23,25-27,50-51H2,1-2H3,(H,53,66)(H,54,67)(H,55,65)(H,56,68)(H,57,63)(H,58,69)(H,59,64)/t28-,29-,34-,36+,37+,38-,39-,40+,41+,42?/m1/s1. The number of fused-ring (bicyclic) bond motifs is 1. The van der Waals surface area contributed by atoms with E-state index in [4.69, 9.17) is 11.5 Å². The Hall–Kier alpha value is -6.01. The first-order valence-corrected chi connectivity index (χ1v) is 26.0. The van der Waals surface area contributed by atoms with Gasteiger partial charge < -0.3 is 69.0 Å². The van der Waals surface area contributed by atoms with Crippen molar-refractivity contribution in [1.82, 2.24) is 42.2 Å². The predicted molar refractivity (Wildman–Crippen MR) is 272 cm³/mol. The van der Waals surface area contributed by atoms with E-state index in [1.54, 1.807) is 60.8 Å². The molecule has 0 aliphatic carbocycles. The molecular weight excluding hydrogens is 953 g/mol. The number of unbranched alkanes of at least 4 members (excludes halogenated alkanes) is 1. The van der Waals surface area contributed by atoms with Crippen molar-refractivity contribution in [2.75, 3.05) is 24.7 Å². The summed E-state index contributed by atoms with van der Waals surface area (Å²) < 4.78 is 0. The van der Waals surface area contributed by atoms with Gasteiger partial charge in [0.05, 0.1) is 30.9 Å². The number of aromatic nitrogens is 1. The first-order chi connectivity index (χ1) is 34.1. The van der Waals surface area contributed by atoms with Crippen LogP contribution in [0.4, 0.5) is 0 Å². The van der Waals surface area contributed by atoms with Crippen LogP contribution in [-0.4, -0.2) is 147 Å². The zero-order valence-electron chi connectivity index (χ0n) is 39.7. The number of benzene rings is 3. The summed E-state index contributed by atoms with van der Waals surface area (Å²) in [6.07, 6.45) is -0.156. The second-order valence-electron chi connectivity index (χ2n) is 17.5. The Bertz CT molecular complexity index is 2400. The summed E-state index contributed by atoms with van der Waals surface area (Å²) in [7, 11) is 2.06. The number of para-hydroxylation sites is 1. The zero-order valence-corrected chi connectivity index (χ0v) is 41.3. The van der Waals surface area contributed by atoms with Gasteiger partial charge in [0.2, 0.25) is 41.4 Å². The molecular formula is C49H66N10O10S2. The summed E-state index contributed by atoms with van der Waals surface area (Å²) in [6.45, 7) is 2.23.